The first-order valence-corrected chi connectivity index (χ1v) is 13.9. The van der Waals surface area contributed by atoms with Gasteiger partial charge in [-0.25, -0.2) is 4.79 Å². The van der Waals surface area contributed by atoms with Crippen LogP contribution in [0.1, 0.15) is 103 Å². The van der Waals surface area contributed by atoms with E-state index in [-0.39, 0.29) is 29.8 Å². The van der Waals surface area contributed by atoms with E-state index in [4.69, 9.17) is 4.74 Å². The summed E-state index contributed by atoms with van der Waals surface area (Å²) in [6, 6.07) is 3.25. The third-order valence-corrected chi connectivity index (χ3v) is 7.34. The molecule has 1 atom stereocenters. The Balaban J connectivity index is 1.73. The molecule has 0 saturated heterocycles. The van der Waals surface area contributed by atoms with Crippen LogP contribution < -0.4 is 21.5 Å². The van der Waals surface area contributed by atoms with Crippen molar-refractivity contribution in [2.24, 2.45) is 0 Å². The lowest BCUT2D eigenvalue weighted by atomic mass is 9.89. The van der Waals surface area contributed by atoms with Crippen LogP contribution in [-0.2, 0) is 17.5 Å². The lowest BCUT2D eigenvalue weighted by Gasteiger charge is -2.33. The summed E-state index contributed by atoms with van der Waals surface area (Å²) < 4.78 is 46.9. The zero-order valence-corrected chi connectivity index (χ0v) is 24.8. The summed E-state index contributed by atoms with van der Waals surface area (Å²) in [6.07, 6.45) is -2.25. The maximum atomic E-state index is 13.9. The summed E-state index contributed by atoms with van der Waals surface area (Å²) in [6.45, 7) is 12.2. The van der Waals surface area contributed by atoms with Crippen LogP contribution in [0.15, 0.2) is 23.0 Å². The largest absolute Gasteiger partial charge is 0.444 e. The first-order chi connectivity index (χ1) is 18.9. The summed E-state index contributed by atoms with van der Waals surface area (Å²) in [5.74, 6) is -0.685. The third kappa shape index (κ3) is 8.82. The van der Waals surface area contributed by atoms with E-state index < -0.39 is 35.4 Å². The average Bonchev–Trinajstić information content (AvgIpc) is 2.82. The molecule has 1 aliphatic rings. The smallest absolute Gasteiger partial charge is 0.416 e. The summed E-state index contributed by atoms with van der Waals surface area (Å²) >= 11 is 0. The van der Waals surface area contributed by atoms with E-state index in [0.29, 0.717) is 40.8 Å². The minimum atomic E-state index is -4.65. The number of alkyl halides is 3. The third-order valence-electron chi connectivity index (χ3n) is 7.34. The van der Waals surface area contributed by atoms with E-state index in [2.05, 4.69) is 20.9 Å². The van der Waals surface area contributed by atoms with Crippen LogP contribution in [-0.4, -0.2) is 34.7 Å². The number of amides is 2. The van der Waals surface area contributed by atoms with Crippen molar-refractivity contribution in [1.82, 2.24) is 20.9 Å². The molecule has 4 N–H and O–H groups in total. The van der Waals surface area contributed by atoms with Crippen LogP contribution in [0.2, 0.25) is 0 Å². The Hall–Kier alpha value is -3.34. The number of pyridine rings is 1. The van der Waals surface area contributed by atoms with Crippen LogP contribution in [0.5, 0.6) is 0 Å². The number of carbonyl (C=O) groups is 2. The normalized spacial score (nSPS) is 18.5. The van der Waals surface area contributed by atoms with Crippen LogP contribution in [0.3, 0.4) is 0 Å². The molecule has 1 aliphatic carbocycles. The van der Waals surface area contributed by atoms with Crippen LogP contribution >= 0.6 is 0 Å². The fourth-order valence-electron chi connectivity index (χ4n) is 5.27. The molecule has 1 aromatic heterocycles. The van der Waals surface area contributed by atoms with Gasteiger partial charge in [-0.1, -0.05) is 0 Å². The van der Waals surface area contributed by atoms with Gasteiger partial charge in [0.25, 0.3) is 11.5 Å². The number of alkyl carbamates (subject to hydrolysis) is 1. The first-order valence-electron chi connectivity index (χ1n) is 13.9. The molecule has 2 amide bonds. The number of ether oxygens (including phenoxy) is 1. The van der Waals surface area contributed by atoms with Gasteiger partial charge in [0.1, 0.15) is 5.60 Å². The fraction of sp³-hybridized carbons (Fsp3) is 0.567. The molecule has 226 valence electrons. The van der Waals surface area contributed by atoms with Gasteiger partial charge in [-0.05, 0) is 109 Å². The lowest BCUT2D eigenvalue weighted by Crippen LogP contribution is -2.44. The Bertz CT molecular complexity index is 1320. The number of halogens is 3. The number of nitrogens with one attached hydrogen (secondary N) is 4. The molecule has 1 aromatic carbocycles. The van der Waals surface area contributed by atoms with Gasteiger partial charge in [-0.15, -0.1) is 0 Å². The number of aromatic amines is 1. The molecule has 0 bridgehead atoms. The van der Waals surface area contributed by atoms with E-state index in [1.807, 2.05) is 0 Å². The second-order valence-corrected chi connectivity index (χ2v) is 11.9. The number of hydrogen-bond donors (Lipinski definition) is 4. The Labute approximate surface area is 238 Å². The van der Waals surface area contributed by atoms with E-state index in [1.54, 1.807) is 54.5 Å². The van der Waals surface area contributed by atoms with Gasteiger partial charge in [-0.2, -0.15) is 13.2 Å². The minimum Gasteiger partial charge on any atom is -0.444 e. The van der Waals surface area contributed by atoms with E-state index in [0.717, 1.165) is 25.0 Å². The molecule has 11 heteroatoms. The van der Waals surface area contributed by atoms with Gasteiger partial charge in [0, 0.05) is 41.5 Å². The van der Waals surface area contributed by atoms with Gasteiger partial charge < -0.3 is 25.7 Å². The molecule has 3 rings (SSSR count). The molecule has 0 aliphatic heterocycles. The Morgan fingerprint density at radius 1 is 1.02 bits per heavy atom. The Morgan fingerprint density at radius 2 is 1.63 bits per heavy atom. The van der Waals surface area contributed by atoms with Crippen molar-refractivity contribution >= 4 is 12.0 Å². The molecule has 0 spiro atoms. The SMILES string of the molecule is Cc1cc(C)c(CNC(=O)c2cc(C(F)(F)F)cc(C(C)NC3CCC(NC(=O)OC(C)(C)C)CC3)c2C)c(=O)[nH]1. The summed E-state index contributed by atoms with van der Waals surface area (Å²) in [5.41, 5.74) is 0.583. The monoisotopic (exact) mass is 578 g/mol. The van der Waals surface area contributed by atoms with Crippen molar-refractivity contribution in [3.8, 4) is 0 Å². The predicted octanol–water partition coefficient (Wildman–Crippen LogP) is 5.74. The van der Waals surface area contributed by atoms with Crippen molar-refractivity contribution in [2.45, 2.75) is 111 Å². The number of rotatable bonds is 7. The van der Waals surface area contributed by atoms with Gasteiger partial charge in [0.2, 0.25) is 0 Å². The second kappa shape index (κ2) is 12.7. The number of benzene rings is 1. The minimum absolute atomic E-state index is 0.0316. The summed E-state index contributed by atoms with van der Waals surface area (Å²) in [5, 5.41) is 8.94. The van der Waals surface area contributed by atoms with Gasteiger partial charge in [0.05, 0.1) is 5.56 Å². The number of carbonyl (C=O) groups excluding carboxylic acids is 2. The molecule has 1 heterocycles. The van der Waals surface area contributed by atoms with E-state index >= 15 is 0 Å². The summed E-state index contributed by atoms with van der Waals surface area (Å²) in [4.78, 5) is 40.2. The van der Waals surface area contributed by atoms with Gasteiger partial charge in [0.15, 0.2) is 0 Å². The number of H-pyrrole nitrogens is 1. The number of aryl methyl sites for hydroxylation is 2. The lowest BCUT2D eigenvalue weighted by molar-refractivity contribution is -0.137. The first kappa shape index (κ1) is 32.2. The van der Waals surface area contributed by atoms with Gasteiger partial charge in [-0.3, -0.25) is 9.59 Å². The molecular formula is C30H41F3N4O4. The Kier molecular flexibility index (Phi) is 9.94. The molecule has 1 unspecified atom stereocenters. The maximum absolute atomic E-state index is 13.9. The zero-order chi connectivity index (χ0) is 30.7. The molecule has 8 nitrogen and oxygen atoms in total. The standard InChI is InChI=1S/C30H41F3N4O4/c1-16-12-17(2)35-27(39)25(16)15-34-26(38)24-14-20(30(31,32)33)13-23(18(24)3)19(4)36-21-8-10-22(11-9-21)37-28(40)41-29(5,6)7/h12-14,19,21-22,36H,8-11,15H2,1-7H3,(H,34,38)(H,35,39)(H,37,40). The highest BCUT2D eigenvalue weighted by Crippen LogP contribution is 2.34. The van der Waals surface area contributed by atoms with Crippen molar-refractivity contribution in [1.29, 1.82) is 0 Å². The van der Waals surface area contributed by atoms with Crippen molar-refractivity contribution < 1.29 is 27.5 Å². The van der Waals surface area contributed by atoms with E-state index in [1.165, 1.54) is 0 Å². The van der Waals surface area contributed by atoms with Gasteiger partial charge >= 0.3 is 12.3 Å². The van der Waals surface area contributed by atoms with Crippen molar-refractivity contribution in [2.75, 3.05) is 0 Å². The average molecular weight is 579 g/mol. The molecule has 2 aromatic rings. The fourth-order valence-corrected chi connectivity index (χ4v) is 5.27. The number of hydrogen-bond acceptors (Lipinski definition) is 5. The zero-order valence-electron chi connectivity index (χ0n) is 24.8. The van der Waals surface area contributed by atoms with Crippen molar-refractivity contribution in [3.05, 3.63) is 67.6 Å². The number of aromatic nitrogens is 1. The summed E-state index contributed by atoms with van der Waals surface area (Å²) in [7, 11) is 0. The highest BCUT2D eigenvalue weighted by Gasteiger charge is 2.34. The maximum Gasteiger partial charge on any atom is 0.416 e. The highest BCUT2D eigenvalue weighted by atomic mass is 19.4. The van der Waals surface area contributed by atoms with Crippen LogP contribution in [0.25, 0.3) is 0 Å². The van der Waals surface area contributed by atoms with Crippen molar-refractivity contribution in [3.63, 3.8) is 0 Å². The second-order valence-electron chi connectivity index (χ2n) is 11.9. The molecule has 1 saturated carbocycles. The van der Waals surface area contributed by atoms with Crippen LogP contribution in [0.4, 0.5) is 18.0 Å². The molecule has 1 fully saturated rings. The van der Waals surface area contributed by atoms with E-state index in [9.17, 15) is 27.6 Å². The molecule has 41 heavy (non-hydrogen) atoms. The Morgan fingerprint density at radius 3 is 2.20 bits per heavy atom. The topological polar surface area (TPSA) is 112 Å². The predicted molar refractivity (Wildman–Crippen MR) is 151 cm³/mol. The quantitative estimate of drug-likeness (QED) is 0.335. The highest BCUT2D eigenvalue weighted by molar-refractivity contribution is 5.96. The molecular weight excluding hydrogens is 537 g/mol. The molecule has 0 radical (unpaired) electrons. The van der Waals surface area contributed by atoms with Crippen LogP contribution in [0, 0.1) is 20.8 Å².